The second kappa shape index (κ2) is 8.47. The van der Waals surface area contributed by atoms with Crippen LogP contribution in [0.2, 0.25) is 10.0 Å². The number of hydrogen-bond donors (Lipinski definition) is 2. The summed E-state index contributed by atoms with van der Waals surface area (Å²) < 4.78 is 0. The first-order valence-corrected chi connectivity index (χ1v) is 9.07. The molecule has 0 unspecified atom stereocenters. The van der Waals surface area contributed by atoms with Crippen LogP contribution in [0.15, 0.2) is 53.6 Å². The van der Waals surface area contributed by atoms with Crippen molar-refractivity contribution in [3.8, 4) is 0 Å². The Hall–Kier alpha value is -2.81. The van der Waals surface area contributed by atoms with E-state index in [0.29, 0.717) is 10.7 Å². The van der Waals surface area contributed by atoms with Crippen LogP contribution in [0.1, 0.15) is 10.4 Å². The highest BCUT2D eigenvalue weighted by molar-refractivity contribution is 7.80. The fourth-order valence-electron chi connectivity index (χ4n) is 2.43. The maximum atomic E-state index is 12.8. The van der Waals surface area contributed by atoms with Crippen LogP contribution in [-0.4, -0.2) is 29.0 Å². The van der Waals surface area contributed by atoms with Crippen LogP contribution in [0.25, 0.3) is 0 Å². The minimum absolute atomic E-state index is 0.0536. The average Bonchev–Trinajstić information content (AvgIpc) is 2.66. The molecule has 0 radical (unpaired) electrons. The lowest BCUT2D eigenvalue weighted by Crippen LogP contribution is -2.58. The van der Waals surface area contributed by atoms with Crippen molar-refractivity contribution in [2.75, 3.05) is 4.90 Å². The molecule has 2 aromatic carbocycles. The third-order valence-electron chi connectivity index (χ3n) is 3.80. The summed E-state index contributed by atoms with van der Waals surface area (Å²) >= 11 is 16.9. The predicted octanol–water partition coefficient (Wildman–Crippen LogP) is 2.77. The van der Waals surface area contributed by atoms with Gasteiger partial charge in [0.25, 0.3) is 11.8 Å². The van der Waals surface area contributed by atoms with E-state index in [1.54, 1.807) is 42.5 Å². The Morgan fingerprint density at radius 1 is 1.14 bits per heavy atom. The molecule has 1 aliphatic heterocycles. The van der Waals surface area contributed by atoms with Crippen molar-refractivity contribution >= 4 is 70.2 Å². The highest BCUT2D eigenvalue weighted by atomic mass is 35.5. The zero-order valence-electron chi connectivity index (χ0n) is 14.1. The topological polar surface area (TPSA) is 90.9 Å². The second-order valence-electron chi connectivity index (χ2n) is 5.62. The minimum atomic E-state index is -1.27. The first-order valence-electron chi connectivity index (χ1n) is 7.91. The number of benzene rings is 2. The van der Waals surface area contributed by atoms with E-state index in [2.05, 4.69) is 15.8 Å². The van der Waals surface area contributed by atoms with Gasteiger partial charge in [0.15, 0.2) is 11.0 Å². The molecular weight excluding hydrogens is 423 g/mol. The molecule has 3 rings (SSSR count). The summed E-state index contributed by atoms with van der Waals surface area (Å²) in [4.78, 5) is 38.2. The Labute approximate surface area is 175 Å². The molecule has 2 aromatic rings. The SMILES string of the molecule is O=C(N/N=C\[C@@H]1C(=O)NC(=S)N(c2ccc(Cl)cc2)C1=O)c1ccccc1Cl. The summed E-state index contributed by atoms with van der Waals surface area (Å²) in [6.07, 6.45) is 1.04. The summed E-state index contributed by atoms with van der Waals surface area (Å²) in [5.74, 6) is -3.09. The van der Waals surface area contributed by atoms with E-state index in [-0.39, 0.29) is 15.7 Å². The monoisotopic (exact) mass is 434 g/mol. The number of hydrogen-bond acceptors (Lipinski definition) is 5. The van der Waals surface area contributed by atoms with Gasteiger partial charge in [-0.3, -0.25) is 19.3 Å². The van der Waals surface area contributed by atoms with E-state index < -0.39 is 23.6 Å². The number of rotatable bonds is 4. The first kappa shape index (κ1) is 19.9. The number of nitrogens with one attached hydrogen (secondary N) is 2. The summed E-state index contributed by atoms with van der Waals surface area (Å²) in [6, 6.07) is 12.8. The highest BCUT2D eigenvalue weighted by Crippen LogP contribution is 2.22. The molecule has 1 atom stereocenters. The van der Waals surface area contributed by atoms with Gasteiger partial charge in [-0.2, -0.15) is 5.10 Å². The number of amides is 3. The van der Waals surface area contributed by atoms with Gasteiger partial charge < -0.3 is 5.32 Å². The van der Waals surface area contributed by atoms with Gasteiger partial charge in [0.05, 0.1) is 16.3 Å². The fourth-order valence-corrected chi connectivity index (χ4v) is 3.08. The molecule has 1 heterocycles. The maximum Gasteiger partial charge on any atom is 0.272 e. The van der Waals surface area contributed by atoms with Gasteiger partial charge in [0.1, 0.15) is 0 Å². The Morgan fingerprint density at radius 2 is 1.82 bits per heavy atom. The largest absolute Gasteiger partial charge is 0.301 e. The van der Waals surface area contributed by atoms with Gasteiger partial charge in [-0.05, 0) is 48.6 Å². The van der Waals surface area contributed by atoms with Crippen LogP contribution in [0.5, 0.6) is 0 Å². The van der Waals surface area contributed by atoms with E-state index in [1.807, 2.05) is 0 Å². The molecule has 2 N–H and O–H groups in total. The van der Waals surface area contributed by atoms with Crippen molar-refractivity contribution in [3.63, 3.8) is 0 Å². The maximum absolute atomic E-state index is 12.8. The number of carbonyl (C=O) groups is 3. The standard InChI is InChI=1S/C18H12Cl2N4O3S/c19-10-5-7-11(8-6-10)24-17(27)13(15(25)22-18(24)28)9-21-23-16(26)12-3-1-2-4-14(12)20/h1-9,13H,(H,23,26)(H,22,25,28)/b21-9-/t13-/m1/s1. The molecule has 1 fully saturated rings. The summed E-state index contributed by atoms with van der Waals surface area (Å²) in [6.45, 7) is 0. The molecule has 0 aliphatic carbocycles. The van der Waals surface area contributed by atoms with E-state index in [9.17, 15) is 14.4 Å². The molecule has 28 heavy (non-hydrogen) atoms. The summed E-state index contributed by atoms with van der Waals surface area (Å²) in [5.41, 5.74) is 2.90. The number of thiocarbonyl (C=S) groups is 1. The van der Waals surface area contributed by atoms with Crippen LogP contribution in [0.3, 0.4) is 0 Å². The normalized spacial score (nSPS) is 17.0. The van der Waals surface area contributed by atoms with Gasteiger partial charge in [0, 0.05) is 11.2 Å². The molecule has 1 saturated heterocycles. The van der Waals surface area contributed by atoms with Gasteiger partial charge in [-0.25, -0.2) is 5.43 Å². The summed E-state index contributed by atoms with van der Waals surface area (Å²) in [7, 11) is 0. The van der Waals surface area contributed by atoms with Gasteiger partial charge in [-0.15, -0.1) is 0 Å². The van der Waals surface area contributed by atoms with Crippen molar-refractivity contribution in [1.82, 2.24) is 10.7 Å². The lowest BCUT2D eigenvalue weighted by atomic mass is 10.1. The van der Waals surface area contributed by atoms with Gasteiger partial charge in [0.2, 0.25) is 5.91 Å². The number of halogens is 2. The molecular formula is C18H12Cl2N4O3S. The molecule has 10 heteroatoms. The molecule has 0 saturated carbocycles. The van der Waals surface area contributed by atoms with Crippen LogP contribution in [0.4, 0.5) is 5.69 Å². The summed E-state index contributed by atoms with van der Waals surface area (Å²) in [5, 5.41) is 6.85. The number of hydrazone groups is 1. The van der Waals surface area contributed by atoms with Crippen molar-refractivity contribution in [3.05, 3.63) is 64.1 Å². The number of nitrogens with zero attached hydrogens (tertiary/aromatic N) is 2. The lowest BCUT2D eigenvalue weighted by Gasteiger charge is -2.30. The Morgan fingerprint density at radius 3 is 2.50 bits per heavy atom. The minimum Gasteiger partial charge on any atom is -0.301 e. The van der Waals surface area contributed by atoms with Gasteiger partial charge >= 0.3 is 0 Å². The fraction of sp³-hybridized carbons (Fsp3) is 0.0556. The Balaban J connectivity index is 1.76. The zero-order chi connectivity index (χ0) is 20.3. The Kier molecular flexibility index (Phi) is 6.03. The third kappa shape index (κ3) is 4.19. The quantitative estimate of drug-likeness (QED) is 0.335. The van der Waals surface area contributed by atoms with E-state index in [1.165, 1.54) is 11.0 Å². The molecule has 0 spiro atoms. The van der Waals surface area contributed by atoms with Crippen molar-refractivity contribution in [2.45, 2.75) is 0 Å². The van der Waals surface area contributed by atoms with E-state index in [4.69, 9.17) is 35.4 Å². The zero-order valence-corrected chi connectivity index (χ0v) is 16.4. The third-order valence-corrected chi connectivity index (χ3v) is 4.66. The van der Waals surface area contributed by atoms with Crippen LogP contribution in [0, 0.1) is 5.92 Å². The lowest BCUT2D eigenvalue weighted by molar-refractivity contribution is -0.130. The van der Waals surface area contributed by atoms with Crippen molar-refractivity contribution < 1.29 is 14.4 Å². The predicted molar refractivity (Wildman–Crippen MR) is 111 cm³/mol. The first-order chi connectivity index (χ1) is 13.4. The van der Waals surface area contributed by atoms with Crippen LogP contribution < -0.4 is 15.6 Å². The molecule has 3 amide bonds. The average molecular weight is 435 g/mol. The molecule has 142 valence electrons. The van der Waals surface area contributed by atoms with Crippen LogP contribution >= 0.6 is 35.4 Å². The molecule has 1 aliphatic rings. The number of carbonyl (C=O) groups excluding carboxylic acids is 3. The molecule has 0 aromatic heterocycles. The highest BCUT2D eigenvalue weighted by Gasteiger charge is 2.38. The van der Waals surface area contributed by atoms with Crippen LogP contribution in [-0.2, 0) is 9.59 Å². The van der Waals surface area contributed by atoms with Gasteiger partial charge in [-0.1, -0.05) is 35.3 Å². The molecule has 0 bridgehead atoms. The van der Waals surface area contributed by atoms with E-state index >= 15 is 0 Å². The number of anilines is 1. The van der Waals surface area contributed by atoms with Crippen molar-refractivity contribution in [2.24, 2.45) is 11.0 Å². The molecule has 7 nitrogen and oxygen atoms in total. The Bertz CT molecular complexity index is 995. The smallest absolute Gasteiger partial charge is 0.272 e. The van der Waals surface area contributed by atoms with E-state index in [0.717, 1.165) is 6.21 Å². The van der Waals surface area contributed by atoms with Crippen molar-refractivity contribution in [1.29, 1.82) is 0 Å². The second-order valence-corrected chi connectivity index (χ2v) is 6.85.